The summed E-state index contributed by atoms with van der Waals surface area (Å²) in [5.74, 6) is 0.379. The maximum Gasteiger partial charge on any atom is 0.301 e. The average Bonchev–Trinajstić information content (AvgIpc) is 2.17. The van der Waals surface area contributed by atoms with Crippen LogP contribution in [0.1, 0.15) is 25.3 Å². The van der Waals surface area contributed by atoms with E-state index in [0.29, 0.717) is 11.6 Å². The summed E-state index contributed by atoms with van der Waals surface area (Å²) in [5, 5.41) is 0. The fourth-order valence-corrected chi connectivity index (χ4v) is 1.81. The van der Waals surface area contributed by atoms with E-state index in [4.69, 9.17) is 0 Å². The third-order valence-electron chi connectivity index (χ3n) is 2.28. The van der Waals surface area contributed by atoms with Crippen LogP contribution in [0.2, 0.25) is 0 Å². The molecule has 0 heterocycles. The third kappa shape index (κ3) is 3.21. The van der Waals surface area contributed by atoms with Crippen molar-refractivity contribution in [1.29, 1.82) is 0 Å². The lowest BCUT2D eigenvalue weighted by Gasteiger charge is -2.14. The van der Waals surface area contributed by atoms with Gasteiger partial charge in [0.1, 0.15) is 0 Å². The Labute approximate surface area is 97.5 Å². The summed E-state index contributed by atoms with van der Waals surface area (Å²) < 4.78 is 26.9. The van der Waals surface area contributed by atoms with Crippen LogP contribution in [-0.4, -0.2) is 26.8 Å². The fourth-order valence-electron chi connectivity index (χ4n) is 1.20. The topological polar surface area (TPSA) is 49.4 Å². The molecular weight excluding hydrogens is 224 g/mol. The second-order valence-electron chi connectivity index (χ2n) is 4.17. The molecule has 0 saturated heterocycles. The zero-order valence-electron chi connectivity index (χ0n) is 10.1. The molecule has 0 unspecified atom stereocenters. The summed E-state index contributed by atoms with van der Waals surface area (Å²) in [6.07, 6.45) is 0. The van der Waals surface area contributed by atoms with E-state index in [-0.39, 0.29) is 0 Å². The van der Waals surface area contributed by atoms with Crippen LogP contribution >= 0.6 is 0 Å². The van der Waals surface area contributed by atoms with Crippen LogP contribution in [-0.2, 0) is 10.2 Å². The van der Waals surface area contributed by atoms with Gasteiger partial charge in [0.2, 0.25) is 0 Å². The van der Waals surface area contributed by atoms with Gasteiger partial charge in [0, 0.05) is 14.1 Å². The molecule has 0 spiro atoms. The van der Waals surface area contributed by atoms with Crippen LogP contribution in [0.25, 0.3) is 0 Å². The highest BCUT2D eigenvalue weighted by Gasteiger charge is 2.13. The number of nitrogens with zero attached hydrogens (tertiary/aromatic N) is 1. The molecule has 0 amide bonds. The highest BCUT2D eigenvalue weighted by Crippen LogP contribution is 2.19. The van der Waals surface area contributed by atoms with Gasteiger partial charge in [0.15, 0.2) is 0 Å². The molecule has 5 heteroatoms. The van der Waals surface area contributed by atoms with Crippen molar-refractivity contribution >= 4 is 15.9 Å². The maximum absolute atomic E-state index is 11.6. The zero-order chi connectivity index (χ0) is 12.3. The summed E-state index contributed by atoms with van der Waals surface area (Å²) in [7, 11) is -0.421. The van der Waals surface area contributed by atoms with Gasteiger partial charge >= 0.3 is 10.2 Å². The molecule has 0 bridgehead atoms. The van der Waals surface area contributed by atoms with Gasteiger partial charge in [-0.05, 0) is 23.6 Å². The summed E-state index contributed by atoms with van der Waals surface area (Å²) in [6.45, 7) is 4.14. The van der Waals surface area contributed by atoms with Crippen LogP contribution in [0.4, 0.5) is 5.69 Å². The van der Waals surface area contributed by atoms with Crippen LogP contribution in [0.5, 0.6) is 0 Å². The number of hydrogen-bond donors (Lipinski definition) is 1. The lowest BCUT2D eigenvalue weighted by molar-refractivity contribution is 0.527. The Bertz CT molecular complexity index is 453. The Balaban J connectivity index is 2.95. The third-order valence-corrected chi connectivity index (χ3v) is 3.74. The number of rotatable bonds is 4. The van der Waals surface area contributed by atoms with Crippen molar-refractivity contribution in [3.05, 3.63) is 29.8 Å². The van der Waals surface area contributed by atoms with Gasteiger partial charge in [0.25, 0.3) is 0 Å². The predicted octanol–water partition coefficient (Wildman–Crippen LogP) is 2.03. The van der Waals surface area contributed by atoms with Crippen molar-refractivity contribution in [3.63, 3.8) is 0 Å². The molecule has 0 aliphatic carbocycles. The Hall–Kier alpha value is -1.07. The van der Waals surface area contributed by atoms with E-state index >= 15 is 0 Å². The number of anilines is 1. The molecule has 0 aliphatic heterocycles. The van der Waals surface area contributed by atoms with E-state index in [1.807, 2.05) is 18.2 Å². The first-order valence-electron chi connectivity index (χ1n) is 5.13. The number of hydrogen-bond acceptors (Lipinski definition) is 2. The van der Waals surface area contributed by atoms with Gasteiger partial charge in [-0.1, -0.05) is 26.0 Å². The van der Waals surface area contributed by atoms with Gasteiger partial charge in [-0.3, -0.25) is 4.72 Å². The Morgan fingerprint density at radius 3 is 2.38 bits per heavy atom. The Morgan fingerprint density at radius 2 is 1.88 bits per heavy atom. The van der Waals surface area contributed by atoms with Crippen LogP contribution < -0.4 is 4.72 Å². The smallest absolute Gasteiger partial charge is 0.271 e. The average molecular weight is 242 g/mol. The van der Waals surface area contributed by atoms with Gasteiger partial charge < -0.3 is 0 Å². The van der Waals surface area contributed by atoms with Crippen LogP contribution in [0.15, 0.2) is 24.3 Å². The zero-order valence-corrected chi connectivity index (χ0v) is 10.9. The molecule has 0 atom stereocenters. The fraction of sp³-hybridized carbons (Fsp3) is 0.455. The molecule has 1 rings (SSSR count). The first-order chi connectivity index (χ1) is 7.33. The summed E-state index contributed by atoms with van der Waals surface area (Å²) in [6, 6.07) is 7.43. The van der Waals surface area contributed by atoms with E-state index in [1.54, 1.807) is 6.07 Å². The molecule has 1 aromatic rings. The normalized spacial score (nSPS) is 12.1. The molecule has 1 N–H and O–H groups in total. The van der Waals surface area contributed by atoms with Crippen molar-refractivity contribution in [2.75, 3.05) is 18.8 Å². The number of benzene rings is 1. The summed E-state index contributed by atoms with van der Waals surface area (Å²) in [5.41, 5.74) is 1.71. The second-order valence-corrected chi connectivity index (χ2v) is 6.05. The van der Waals surface area contributed by atoms with Crippen LogP contribution in [0.3, 0.4) is 0 Å². The molecule has 1 aromatic carbocycles. The van der Waals surface area contributed by atoms with E-state index in [0.717, 1.165) is 9.87 Å². The lowest BCUT2D eigenvalue weighted by Crippen LogP contribution is -2.28. The minimum atomic E-state index is -3.41. The summed E-state index contributed by atoms with van der Waals surface area (Å²) >= 11 is 0. The molecule has 0 aliphatic rings. The van der Waals surface area contributed by atoms with E-state index < -0.39 is 10.2 Å². The maximum atomic E-state index is 11.6. The molecule has 0 fully saturated rings. The minimum absolute atomic E-state index is 0.379. The van der Waals surface area contributed by atoms with Crippen molar-refractivity contribution in [3.8, 4) is 0 Å². The van der Waals surface area contributed by atoms with Crippen molar-refractivity contribution < 1.29 is 8.42 Å². The molecule has 4 nitrogen and oxygen atoms in total. The lowest BCUT2D eigenvalue weighted by atomic mass is 10.0. The molecule has 16 heavy (non-hydrogen) atoms. The van der Waals surface area contributed by atoms with E-state index in [1.165, 1.54) is 14.1 Å². The van der Waals surface area contributed by atoms with Crippen molar-refractivity contribution in [1.82, 2.24) is 4.31 Å². The first kappa shape index (κ1) is 13.0. The molecule has 0 radical (unpaired) electrons. The van der Waals surface area contributed by atoms with E-state index in [2.05, 4.69) is 18.6 Å². The van der Waals surface area contributed by atoms with Crippen molar-refractivity contribution in [2.45, 2.75) is 19.8 Å². The standard InChI is InChI=1S/C11H18N2O2S/c1-9(2)10-6-5-7-11(8-10)12-16(14,15)13(3)4/h5-9,12H,1-4H3. The molecule has 90 valence electrons. The molecular formula is C11H18N2O2S. The summed E-state index contributed by atoms with van der Waals surface area (Å²) in [4.78, 5) is 0. The first-order valence-corrected chi connectivity index (χ1v) is 6.57. The van der Waals surface area contributed by atoms with Gasteiger partial charge in [-0.2, -0.15) is 12.7 Å². The monoisotopic (exact) mass is 242 g/mol. The van der Waals surface area contributed by atoms with Gasteiger partial charge in [-0.15, -0.1) is 0 Å². The van der Waals surface area contributed by atoms with Crippen molar-refractivity contribution in [2.24, 2.45) is 0 Å². The van der Waals surface area contributed by atoms with Gasteiger partial charge in [-0.25, -0.2) is 0 Å². The SMILES string of the molecule is CC(C)c1cccc(NS(=O)(=O)N(C)C)c1. The second kappa shape index (κ2) is 4.84. The highest BCUT2D eigenvalue weighted by atomic mass is 32.2. The Kier molecular flexibility index (Phi) is 3.93. The van der Waals surface area contributed by atoms with Crippen LogP contribution in [0, 0.1) is 0 Å². The minimum Gasteiger partial charge on any atom is -0.271 e. The van der Waals surface area contributed by atoms with E-state index in [9.17, 15) is 8.42 Å². The molecule has 0 aromatic heterocycles. The predicted molar refractivity (Wildman–Crippen MR) is 66.8 cm³/mol. The number of nitrogens with one attached hydrogen (secondary N) is 1. The van der Waals surface area contributed by atoms with Gasteiger partial charge in [0.05, 0.1) is 5.69 Å². The quantitative estimate of drug-likeness (QED) is 0.878. The largest absolute Gasteiger partial charge is 0.301 e. The highest BCUT2D eigenvalue weighted by molar-refractivity contribution is 7.90. The molecule has 0 saturated carbocycles. The Morgan fingerprint density at radius 1 is 1.25 bits per heavy atom.